The molecule has 2 amide bonds. The van der Waals surface area contributed by atoms with E-state index in [-0.39, 0.29) is 11.8 Å². The van der Waals surface area contributed by atoms with Crippen LogP contribution < -0.4 is 0 Å². The van der Waals surface area contributed by atoms with Gasteiger partial charge in [0.2, 0.25) is 0 Å². The van der Waals surface area contributed by atoms with Crippen LogP contribution in [-0.4, -0.2) is 41.2 Å². The van der Waals surface area contributed by atoms with Gasteiger partial charge in [0.05, 0.1) is 5.57 Å². The van der Waals surface area contributed by atoms with E-state index >= 15 is 0 Å². The second-order valence-corrected chi connectivity index (χ2v) is 6.05. The van der Waals surface area contributed by atoms with Crippen LogP contribution in [0.1, 0.15) is 31.1 Å². The van der Waals surface area contributed by atoms with Crippen molar-refractivity contribution in [2.45, 2.75) is 26.2 Å². The van der Waals surface area contributed by atoms with Gasteiger partial charge in [0.1, 0.15) is 5.70 Å². The van der Waals surface area contributed by atoms with Gasteiger partial charge in [-0.2, -0.15) is 0 Å². The number of nitrogens with zero attached hydrogens (tertiary/aromatic N) is 2. The number of rotatable bonds is 3. The molecule has 1 fully saturated rings. The maximum atomic E-state index is 12.6. The number of carbonyl (C=O) groups is 2. The van der Waals surface area contributed by atoms with Gasteiger partial charge in [-0.25, -0.2) is 0 Å². The Balaban J connectivity index is 2.06. The molecular formula is C15H18N2O2S. The average molecular weight is 290 g/mol. The van der Waals surface area contributed by atoms with Gasteiger partial charge in [-0.3, -0.25) is 14.5 Å². The SMILES string of the molecule is CCN1C(=O)C(c2cccs2)=C(N2CCCCC2)C1=O. The Labute approximate surface area is 122 Å². The molecule has 0 radical (unpaired) electrons. The number of carbonyl (C=O) groups excluding carboxylic acids is 2. The summed E-state index contributed by atoms with van der Waals surface area (Å²) in [5.41, 5.74) is 1.23. The van der Waals surface area contributed by atoms with Crippen LogP contribution in [0.2, 0.25) is 0 Å². The van der Waals surface area contributed by atoms with E-state index in [2.05, 4.69) is 4.90 Å². The van der Waals surface area contributed by atoms with E-state index in [9.17, 15) is 9.59 Å². The molecule has 20 heavy (non-hydrogen) atoms. The monoisotopic (exact) mass is 290 g/mol. The predicted molar refractivity (Wildman–Crippen MR) is 79.1 cm³/mol. The quantitative estimate of drug-likeness (QED) is 0.802. The molecule has 2 aliphatic heterocycles. The zero-order chi connectivity index (χ0) is 14.1. The first-order valence-corrected chi connectivity index (χ1v) is 8.01. The van der Waals surface area contributed by atoms with Crippen molar-refractivity contribution in [1.82, 2.24) is 9.80 Å². The Hall–Kier alpha value is -1.62. The Morgan fingerprint density at radius 2 is 1.90 bits per heavy atom. The summed E-state index contributed by atoms with van der Waals surface area (Å²) in [5.74, 6) is -0.261. The first kappa shape index (κ1) is 13.4. The lowest BCUT2D eigenvalue weighted by Gasteiger charge is -2.29. The Morgan fingerprint density at radius 1 is 1.15 bits per heavy atom. The van der Waals surface area contributed by atoms with Crippen LogP contribution in [0, 0.1) is 0 Å². The molecule has 4 nitrogen and oxygen atoms in total. The topological polar surface area (TPSA) is 40.6 Å². The number of likely N-dealkylation sites (N-methyl/N-ethyl adjacent to an activating group) is 1. The molecule has 1 aromatic heterocycles. The van der Waals surface area contributed by atoms with Crippen LogP contribution in [0.5, 0.6) is 0 Å². The normalized spacial score (nSPS) is 20.2. The van der Waals surface area contributed by atoms with Gasteiger partial charge in [0, 0.05) is 24.5 Å². The summed E-state index contributed by atoms with van der Waals surface area (Å²) in [6.45, 7) is 4.03. The number of hydrogen-bond acceptors (Lipinski definition) is 4. The van der Waals surface area contributed by atoms with E-state index in [1.54, 1.807) is 0 Å². The van der Waals surface area contributed by atoms with Crippen LogP contribution >= 0.6 is 11.3 Å². The van der Waals surface area contributed by atoms with E-state index in [0.29, 0.717) is 17.8 Å². The fourth-order valence-corrected chi connectivity index (χ4v) is 3.67. The molecule has 3 heterocycles. The molecule has 0 aliphatic carbocycles. The van der Waals surface area contributed by atoms with Gasteiger partial charge in [-0.15, -0.1) is 11.3 Å². The molecule has 0 spiro atoms. The minimum Gasteiger partial charge on any atom is -0.366 e. The Morgan fingerprint density at radius 3 is 2.50 bits per heavy atom. The fraction of sp³-hybridized carbons (Fsp3) is 0.467. The third-order valence-electron chi connectivity index (χ3n) is 3.90. The zero-order valence-electron chi connectivity index (χ0n) is 11.6. The zero-order valence-corrected chi connectivity index (χ0v) is 12.4. The van der Waals surface area contributed by atoms with Gasteiger partial charge < -0.3 is 4.90 Å². The summed E-state index contributed by atoms with van der Waals surface area (Å²) in [6.07, 6.45) is 3.39. The van der Waals surface area contributed by atoms with E-state index in [0.717, 1.165) is 30.8 Å². The summed E-state index contributed by atoms with van der Waals surface area (Å²) in [5, 5.41) is 1.95. The lowest BCUT2D eigenvalue weighted by atomic mass is 10.1. The Kier molecular flexibility index (Phi) is 3.61. The molecule has 106 valence electrons. The van der Waals surface area contributed by atoms with E-state index in [1.165, 1.54) is 22.7 Å². The van der Waals surface area contributed by atoms with Crippen molar-refractivity contribution in [1.29, 1.82) is 0 Å². The molecule has 0 unspecified atom stereocenters. The fourth-order valence-electron chi connectivity index (χ4n) is 2.90. The second-order valence-electron chi connectivity index (χ2n) is 5.10. The van der Waals surface area contributed by atoms with Crippen molar-refractivity contribution in [3.8, 4) is 0 Å². The van der Waals surface area contributed by atoms with Gasteiger partial charge in [-0.1, -0.05) is 6.07 Å². The number of amides is 2. The molecule has 2 aliphatic rings. The molecule has 5 heteroatoms. The second kappa shape index (κ2) is 5.40. The first-order valence-electron chi connectivity index (χ1n) is 7.13. The summed E-state index contributed by atoms with van der Waals surface area (Å²) in [7, 11) is 0. The smallest absolute Gasteiger partial charge is 0.277 e. The van der Waals surface area contributed by atoms with Crippen LogP contribution in [0.3, 0.4) is 0 Å². The minimum absolute atomic E-state index is 0.122. The average Bonchev–Trinajstić information content (AvgIpc) is 3.06. The van der Waals surface area contributed by atoms with Crippen molar-refractivity contribution < 1.29 is 9.59 Å². The molecule has 0 bridgehead atoms. The summed E-state index contributed by atoms with van der Waals surface area (Å²) >= 11 is 1.52. The number of hydrogen-bond donors (Lipinski definition) is 0. The molecular weight excluding hydrogens is 272 g/mol. The van der Waals surface area contributed by atoms with Crippen molar-refractivity contribution >= 4 is 28.7 Å². The molecule has 1 aromatic rings. The van der Waals surface area contributed by atoms with E-state index in [1.807, 2.05) is 24.4 Å². The summed E-state index contributed by atoms with van der Waals surface area (Å²) in [4.78, 5) is 29.5. The number of likely N-dealkylation sites (tertiary alicyclic amines) is 1. The van der Waals surface area contributed by atoms with Crippen molar-refractivity contribution in [3.63, 3.8) is 0 Å². The molecule has 3 rings (SSSR count). The largest absolute Gasteiger partial charge is 0.366 e. The predicted octanol–water partition coefficient (Wildman–Crippen LogP) is 2.33. The molecule has 1 saturated heterocycles. The third kappa shape index (κ3) is 2.06. The highest BCUT2D eigenvalue weighted by molar-refractivity contribution is 7.11. The van der Waals surface area contributed by atoms with Crippen LogP contribution in [0.25, 0.3) is 5.57 Å². The number of imide groups is 1. The summed E-state index contributed by atoms with van der Waals surface area (Å²) in [6, 6.07) is 3.85. The standard InChI is InChI=1S/C15H18N2O2S/c1-2-17-14(18)12(11-7-6-10-20-11)13(15(17)19)16-8-4-3-5-9-16/h6-7,10H,2-5,8-9H2,1H3. The van der Waals surface area contributed by atoms with Gasteiger partial charge in [-0.05, 0) is 37.6 Å². The number of piperidine rings is 1. The minimum atomic E-state index is -0.138. The lowest BCUT2D eigenvalue weighted by Crippen LogP contribution is -2.37. The van der Waals surface area contributed by atoms with Crippen LogP contribution in [-0.2, 0) is 9.59 Å². The maximum Gasteiger partial charge on any atom is 0.277 e. The molecule has 0 atom stereocenters. The first-order chi connectivity index (χ1) is 9.74. The molecule has 0 N–H and O–H groups in total. The highest BCUT2D eigenvalue weighted by Gasteiger charge is 2.41. The summed E-state index contributed by atoms with van der Waals surface area (Å²) < 4.78 is 0. The van der Waals surface area contributed by atoms with Gasteiger partial charge in [0.15, 0.2) is 0 Å². The highest BCUT2D eigenvalue weighted by Crippen LogP contribution is 2.34. The van der Waals surface area contributed by atoms with E-state index < -0.39 is 0 Å². The molecule has 0 aromatic carbocycles. The molecule has 0 saturated carbocycles. The van der Waals surface area contributed by atoms with Crippen molar-refractivity contribution in [2.24, 2.45) is 0 Å². The van der Waals surface area contributed by atoms with Crippen molar-refractivity contribution in [3.05, 3.63) is 28.1 Å². The van der Waals surface area contributed by atoms with Crippen LogP contribution in [0.15, 0.2) is 23.2 Å². The van der Waals surface area contributed by atoms with Gasteiger partial charge >= 0.3 is 0 Å². The Bertz CT molecular complexity index is 556. The van der Waals surface area contributed by atoms with Crippen LogP contribution in [0.4, 0.5) is 0 Å². The van der Waals surface area contributed by atoms with Crippen molar-refractivity contribution in [2.75, 3.05) is 19.6 Å². The third-order valence-corrected chi connectivity index (χ3v) is 4.79. The maximum absolute atomic E-state index is 12.6. The van der Waals surface area contributed by atoms with Gasteiger partial charge in [0.25, 0.3) is 11.8 Å². The lowest BCUT2D eigenvalue weighted by molar-refractivity contribution is -0.137. The highest BCUT2D eigenvalue weighted by atomic mass is 32.1. The number of thiophene rings is 1. The van der Waals surface area contributed by atoms with E-state index in [4.69, 9.17) is 0 Å².